The first-order valence-corrected chi connectivity index (χ1v) is 31.0. The summed E-state index contributed by atoms with van der Waals surface area (Å²) in [4.78, 5) is 2.45. The van der Waals surface area contributed by atoms with Gasteiger partial charge in [0.15, 0.2) is 0 Å². The summed E-state index contributed by atoms with van der Waals surface area (Å²) in [6.45, 7) is 40.1. The average Bonchev–Trinajstić information content (AvgIpc) is 1.64. The number of anilines is 1. The van der Waals surface area contributed by atoms with Crippen molar-refractivity contribution in [3.63, 3.8) is 0 Å². The smallest absolute Gasteiger partial charge is 0.251 e. The largest absolute Gasteiger partial charge is 0.331 e. The zero-order chi connectivity index (χ0) is 59.1. The van der Waals surface area contributed by atoms with Crippen LogP contribution in [0.1, 0.15) is 148 Å². The molecule has 0 amide bonds. The number of aromatic nitrogens is 3. The predicted octanol–water partition coefficient (Wildman–Crippen LogP) is 19.9. The van der Waals surface area contributed by atoms with Gasteiger partial charge in [-0.2, -0.15) is 0 Å². The second-order valence-corrected chi connectivity index (χ2v) is 28.6. The summed E-state index contributed by atoms with van der Waals surface area (Å²) < 4.78 is 8.09. The van der Waals surface area contributed by atoms with Crippen molar-refractivity contribution in [1.82, 2.24) is 13.7 Å². The lowest BCUT2D eigenvalue weighted by Crippen LogP contribution is -2.55. The molecule has 7 heterocycles. The lowest BCUT2D eigenvalue weighted by Gasteiger charge is -2.41. The van der Waals surface area contributed by atoms with Crippen LogP contribution in [0, 0.1) is 0 Å². The average molecular weight is 1110 g/mol. The molecule has 6 bridgehead atoms. The van der Waals surface area contributed by atoms with Crippen molar-refractivity contribution >= 4 is 99.9 Å². The normalized spacial score (nSPS) is 16.6. The van der Waals surface area contributed by atoms with E-state index in [1.807, 2.05) is 0 Å². The fourth-order valence-electron chi connectivity index (χ4n) is 15.4. The molecule has 0 fully saturated rings. The number of para-hydroxylation sites is 2. The molecule has 1 atom stereocenters. The molecule has 0 saturated heterocycles. The minimum absolute atomic E-state index is 0.0230. The zero-order valence-electron chi connectivity index (χ0n) is 52.0. The predicted molar refractivity (Wildman–Crippen MR) is 368 cm³/mol. The molecule has 420 valence electrons. The Morgan fingerprint density at radius 1 is 0.612 bits per heavy atom. The van der Waals surface area contributed by atoms with Gasteiger partial charge in [0.05, 0.1) is 33.8 Å². The summed E-state index contributed by atoms with van der Waals surface area (Å²) in [6, 6.07) is 57.5. The van der Waals surface area contributed by atoms with Crippen LogP contribution >= 0.6 is 0 Å². The number of hydrogen-bond acceptors (Lipinski definition) is 1. The van der Waals surface area contributed by atoms with Gasteiger partial charge in [-0.1, -0.05) is 230 Å². The van der Waals surface area contributed by atoms with Crippen LogP contribution in [0.2, 0.25) is 0 Å². The van der Waals surface area contributed by atoms with Gasteiger partial charge in [-0.3, -0.25) is 0 Å². The van der Waals surface area contributed by atoms with Crippen molar-refractivity contribution in [3.8, 4) is 11.4 Å². The van der Waals surface area contributed by atoms with Gasteiger partial charge in [0.25, 0.3) is 6.71 Å². The Morgan fingerprint density at radius 3 is 1.87 bits per heavy atom. The molecule has 4 aliphatic heterocycles. The van der Waals surface area contributed by atoms with Crippen LogP contribution in [-0.2, 0) is 21.7 Å². The van der Waals surface area contributed by atoms with Gasteiger partial charge in [0.2, 0.25) is 0 Å². The molecule has 0 N–H and O–H groups in total. The van der Waals surface area contributed by atoms with E-state index in [-0.39, 0.29) is 29.0 Å². The van der Waals surface area contributed by atoms with E-state index < -0.39 is 5.41 Å². The molecule has 4 nitrogen and oxygen atoms in total. The Morgan fingerprint density at radius 2 is 1.21 bits per heavy atom. The molecule has 0 radical (unpaired) electrons. The topological polar surface area (TPSA) is 18.0 Å². The van der Waals surface area contributed by atoms with Crippen molar-refractivity contribution in [2.24, 2.45) is 0 Å². The molecule has 8 aromatic carbocycles. The molecule has 0 saturated carbocycles. The summed E-state index contributed by atoms with van der Waals surface area (Å²) in [7, 11) is 0. The van der Waals surface area contributed by atoms with Gasteiger partial charge in [0, 0.05) is 71.5 Å². The van der Waals surface area contributed by atoms with E-state index in [4.69, 9.17) is 6.58 Å². The number of allylic oxidation sites excluding steroid dienone is 9. The van der Waals surface area contributed by atoms with Crippen LogP contribution < -0.4 is 15.8 Å². The second kappa shape index (κ2) is 18.2. The third-order valence-electron chi connectivity index (χ3n) is 20.0. The Kier molecular flexibility index (Phi) is 11.4. The molecule has 0 spiro atoms. The lowest BCUT2D eigenvalue weighted by molar-refractivity contribution is 0.584. The molecule has 1 aliphatic carbocycles. The first-order valence-electron chi connectivity index (χ1n) is 31.0. The van der Waals surface area contributed by atoms with Crippen molar-refractivity contribution in [2.75, 3.05) is 4.90 Å². The highest BCUT2D eigenvalue weighted by atomic mass is 15.2. The van der Waals surface area contributed by atoms with Crippen molar-refractivity contribution in [1.29, 1.82) is 0 Å². The van der Waals surface area contributed by atoms with E-state index in [9.17, 15) is 0 Å². The zero-order valence-corrected chi connectivity index (χ0v) is 52.0. The van der Waals surface area contributed by atoms with Gasteiger partial charge >= 0.3 is 0 Å². The van der Waals surface area contributed by atoms with Crippen molar-refractivity contribution in [3.05, 3.63) is 245 Å². The van der Waals surface area contributed by atoms with Gasteiger partial charge in [-0.25, -0.2) is 0 Å². The Bertz CT molecular complexity index is 4890. The summed E-state index contributed by atoms with van der Waals surface area (Å²) in [5, 5.41) is 7.58. The first kappa shape index (κ1) is 53.2. The van der Waals surface area contributed by atoms with Crippen LogP contribution in [0.5, 0.6) is 0 Å². The maximum absolute atomic E-state index is 4.92. The van der Waals surface area contributed by atoms with Crippen LogP contribution in [0.3, 0.4) is 0 Å². The fourth-order valence-corrected chi connectivity index (χ4v) is 15.4. The van der Waals surface area contributed by atoms with Crippen molar-refractivity contribution < 1.29 is 0 Å². The summed E-state index contributed by atoms with van der Waals surface area (Å²) in [5.74, 6) is 0. The molecule has 5 heteroatoms. The Hall–Kier alpha value is -8.54. The molecule has 1 unspecified atom stereocenters. The monoisotopic (exact) mass is 1100 g/mol. The standard InChI is InChI=1S/C80H77BN4/c1-16-18-23-47(3)82-48(4)66(17-2)81-67-44-56(79(11,12)13)42-64-63-41-55(78(8,9)10)43-65-73(63)85(74(64)67)71-46-58(45-70(82)72(71)81)84-69-27-22-20-25-60(69)62-37-36-61-59-24-19-21-26-68(59)83(75(61)76(62)84)57-39-51(49-28-32-53(33-29-49)77(5,6)7)38-52(40-57)50-30-34-54(35-31-50)80(65,14)15/h17-39,41-46,57H,2-3,16,40H2,1,4-15H3/b23-18-. The number of hydrogen-bond donors (Lipinski definition) is 0. The van der Waals surface area contributed by atoms with Crippen molar-refractivity contribution in [2.45, 2.75) is 131 Å². The maximum atomic E-state index is 4.92. The quantitative estimate of drug-likeness (QED) is 0.124. The highest BCUT2D eigenvalue weighted by Gasteiger charge is 2.44. The van der Waals surface area contributed by atoms with Gasteiger partial charge < -0.3 is 18.6 Å². The van der Waals surface area contributed by atoms with E-state index in [0.29, 0.717) is 0 Å². The van der Waals surface area contributed by atoms with Crippen LogP contribution in [-0.4, -0.2) is 20.4 Å². The first-order chi connectivity index (χ1) is 40.6. The van der Waals surface area contributed by atoms with E-state index in [1.165, 1.54) is 138 Å². The fraction of sp³-hybridized carbons (Fsp3) is 0.250. The molecular weight excluding hydrogens is 1030 g/mol. The Balaban J connectivity index is 1.17. The van der Waals surface area contributed by atoms with E-state index in [1.54, 1.807) is 0 Å². The van der Waals surface area contributed by atoms with E-state index >= 15 is 0 Å². The van der Waals surface area contributed by atoms with E-state index in [2.05, 4.69) is 291 Å². The number of benzene rings is 8. The number of fused-ring (bicyclic) bond motifs is 8. The molecule has 5 aliphatic rings. The lowest BCUT2D eigenvalue weighted by atomic mass is 9.33. The van der Waals surface area contributed by atoms with E-state index in [0.717, 1.165) is 35.6 Å². The van der Waals surface area contributed by atoms with Crippen LogP contribution in [0.4, 0.5) is 5.69 Å². The van der Waals surface area contributed by atoms with Gasteiger partial charge in [-0.15, -0.1) is 0 Å². The van der Waals surface area contributed by atoms with Gasteiger partial charge in [-0.05, 0) is 145 Å². The molecule has 85 heavy (non-hydrogen) atoms. The van der Waals surface area contributed by atoms with Crippen LogP contribution in [0.25, 0.3) is 87.9 Å². The van der Waals surface area contributed by atoms with Crippen LogP contribution in [0.15, 0.2) is 206 Å². The molecule has 16 rings (SSSR count). The van der Waals surface area contributed by atoms with Gasteiger partial charge in [0.1, 0.15) is 0 Å². The molecular formula is C80H77BN4. The highest BCUT2D eigenvalue weighted by Crippen LogP contribution is 2.51. The molecule has 11 aromatic rings. The second-order valence-electron chi connectivity index (χ2n) is 28.6. The third kappa shape index (κ3) is 7.67. The molecule has 3 aromatic heterocycles. The minimum atomic E-state index is -0.437. The number of rotatable bonds is 5. The summed E-state index contributed by atoms with van der Waals surface area (Å²) in [5.41, 5.74) is 27.8. The number of nitrogens with zero attached hydrogens (tertiary/aromatic N) is 4. The maximum Gasteiger partial charge on any atom is 0.251 e. The third-order valence-corrected chi connectivity index (χ3v) is 20.0. The summed E-state index contributed by atoms with van der Waals surface area (Å²) in [6.07, 6.45) is 13.4. The SMILES string of the molecule is C=CC1=C(C)N(C(=C)/C=C\CC)c2cc3cc4c2B1c1cc(C(C)(C)C)cc2c5cc(C(C)(C)C)cc(c5n-4c12)C(C)(C)c1ccc(cc1)C1=CC(c2ccc(C(C)(C)C)cc2)=CC(C1)n1c2ccccc2c2ccc4c5ccccc5n-3c4c21. The highest BCUT2D eigenvalue weighted by molar-refractivity contribution is 6.95. The Labute approximate surface area is 502 Å². The summed E-state index contributed by atoms with van der Waals surface area (Å²) >= 11 is 0. The minimum Gasteiger partial charge on any atom is -0.331 e.